The van der Waals surface area contributed by atoms with Gasteiger partial charge in [0, 0.05) is 24.2 Å². The Labute approximate surface area is 193 Å². The number of aryl methyl sites for hydroxylation is 1. The maximum atomic E-state index is 12.8. The molecule has 0 N–H and O–H groups in total. The van der Waals surface area contributed by atoms with Gasteiger partial charge in [0.2, 0.25) is 5.91 Å². The van der Waals surface area contributed by atoms with Crippen LogP contribution in [0.15, 0.2) is 66.0 Å². The van der Waals surface area contributed by atoms with Crippen LogP contribution >= 0.6 is 23.4 Å². The minimum absolute atomic E-state index is 0.211. The molecule has 1 saturated heterocycles. The first kappa shape index (κ1) is 22.0. The van der Waals surface area contributed by atoms with Crippen LogP contribution in [0, 0.1) is 0 Å². The number of piperidine rings is 1. The van der Waals surface area contributed by atoms with Crippen molar-refractivity contribution < 1.29 is 4.79 Å². The lowest BCUT2D eigenvalue weighted by Gasteiger charge is -2.33. The molecule has 6 heteroatoms. The Morgan fingerprint density at radius 2 is 1.90 bits per heavy atom. The van der Waals surface area contributed by atoms with E-state index in [1.807, 2.05) is 41.4 Å². The molecule has 3 aromatic rings. The van der Waals surface area contributed by atoms with Gasteiger partial charge in [0.1, 0.15) is 0 Å². The highest BCUT2D eigenvalue weighted by molar-refractivity contribution is 7.99. The fourth-order valence-corrected chi connectivity index (χ4v) is 5.12. The molecule has 162 valence electrons. The first-order chi connectivity index (χ1) is 15.1. The van der Waals surface area contributed by atoms with Crippen LogP contribution in [0.4, 0.5) is 0 Å². The number of rotatable bonds is 7. The van der Waals surface area contributed by atoms with Crippen LogP contribution < -0.4 is 0 Å². The number of aromatic nitrogens is 2. The topological polar surface area (TPSA) is 38.1 Å². The quantitative estimate of drug-likeness (QED) is 0.415. The van der Waals surface area contributed by atoms with Crippen LogP contribution in [0.25, 0.3) is 11.3 Å². The summed E-state index contributed by atoms with van der Waals surface area (Å²) in [5, 5.41) is 1.61. The van der Waals surface area contributed by atoms with Crippen molar-refractivity contribution in [1.82, 2.24) is 14.5 Å². The molecule has 0 bridgehead atoms. The second-order valence-corrected chi connectivity index (χ2v) is 9.42. The normalized spacial score (nSPS) is 16.5. The highest BCUT2D eigenvalue weighted by Gasteiger charge is 2.24. The summed E-state index contributed by atoms with van der Waals surface area (Å²) in [5.41, 5.74) is 3.41. The van der Waals surface area contributed by atoms with Crippen LogP contribution in [-0.4, -0.2) is 38.7 Å². The molecular weight excluding hydrogens is 426 g/mol. The Morgan fingerprint density at radius 1 is 1.13 bits per heavy atom. The Balaban J connectivity index is 1.53. The highest BCUT2D eigenvalue weighted by Crippen LogP contribution is 2.28. The first-order valence-electron chi connectivity index (χ1n) is 10.9. The molecule has 0 unspecified atom stereocenters. The average Bonchev–Trinajstić information content (AvgIpc) is 3.20. The SMILES string of the molecule is C[C@@H]1CCCCN1C(=O)CSc1ncc(-c2ccc(Cl)cc2)n1CCc1ccccc1. The summed E-state index contributed by atoms with van der Waals surface area (Å²) < 4.78 is 2.23. The number of likely N-dealkylation sites (tertiary alicyclic amines) is 1. The van der Waals surface area contributed by atoms with E-state index in [0.29, 0.717) is 11.8 Å². The number of nitrogens with zero attached hydrogens (tertiary/aromatic N) is 3. The summed E-state index contributed by atoms with van der Waals surface area (Å²) in [6.07, 6.45) is 6.23. The van der Waals surface area contributed by atoms with E-state index in [2.05, 4.69) is 40.7 Å². The van der Waals surface area contributed by atoms with Gasteiger partial charge in [-0.25, -0.2) is 4.98 Å². The summed E-state index contributed by atoms with van der Waals surface area (Å²) in [4.78, 5) is 19.6. The average molecular weight is 454 g/mol. The lowest BCUT2D eigenvalue weighted by Crippen LogP contribution is -2.43. The van der Waals surface area contributed by atoms with Crippen LogP contribution in [-0.2, 0) is 17.8 Å². The second-order valence-electron chi connectivity index (χ2n) is 8.04. The Bertz CT molecular complexity index is 1000. The molecule has 4 rings (SSSR count). The van der Waals surface area contributed by atoms with Gasteiger partial charge in [0.15, 0.2) is 5.16 Å². The number of amides is 1. The maximum absolute atomic E-state index is 12.8. The molecule has 31 heavy (non-hydrogen) atoms. The summed E-state index contributed by atoms with van der Waals surface area (Å²) >= 11 is 7.63. The molecule has 0 aliphatic carbocycles. The van der Waals surface area contributed by atoms with Crippen LogP contribution in [0.1, 0.15) is 31.7 Å². The summed E-state index contributed by atoms with van der Waals surface area (Å²) in [6.45, 7) is 3.83. The van der Waals surface area contributed by atoms with E-state index >= 15 is 0 Å². The van der Waals surface area contributed by atoms with E-state index in [-0.39, 0.29) is 5.91 Å². The molecule has 1 aliphatic heterocycles. The van der Waals surface area contributed by atoms with E-state index in [4.69, 9.17) is 11.6 Å². The van der Waals surface area contributed by atoms with E-state index in [0.717, 1.165) is 53.8 Å². The number of carbonyl (C=O) groups is 1. The molecule has 1 aromatic heterocycles. The van der Waals surface area contributed by atoms with Crippen molar-refractivity contribution in [2.24, 2.45) is 0 Å². The van der Waals surface area contributed by atoms with Crippen molar-refractivity contribution >= 4 is 29.3 Å². The lowest BCUT2D eigenvalue weighted by molar-refractivity contribution is -0.131. The Kier molecular flexibility index (Phi) is 7.36. The molecule has 1 aliphatic rings. The van der Waals surface area contributed by atoms with Crippen LogP contribution in [0.2, 0.25) is 5.02 Å². The Morgan fingerprint density at radius 3 is 2.65 bits per heavy atom. The van der Waals surface area contributed by atoms with Gasteiger partial charge in [0.25, 0.3) is 0 Å². The van der Waals surface area contributed by atoms with Gasteiger partial charge < -0.3 is 9.47 Å². The van der Waals surface area contributed by atoms with Gasteiger partial charge >= 0.3 is 0 Å². The number of imidazole rings is 1. The zero-order valence-electron chi connectivity index (χ0n) is 17.8. The van der Waals surface area contributed by atoms with Gasteiger partial charge in [-0.1, -0.05) is 65.8 Å². The summed E-state index contributed by atoms with van der Waals surface area (Å²) in [5.74, 6) is 0.634. The lowest BCUT2D eigenvalue weighted by atomic mass is 10.0. The molecule has 0 radical (unpaired) electrons. The highest BCUT2D eigenvalue weighted by atomic mass is 35.5. The van der Waals surface area contributed by atoms with E-state index in [1.165, 1.54) is 23.7 Å². The molecule has 1 fully saturated rings. The third-order valence-corrected chi connectivity index (χ3v) is 7.10. The molecule has 0 spiro atoms. The van der Waals surface area contributed by atoms with Crippen molar-refractivity contribution in [3.05, 3.63) is 71.4 Å². The van der Waals surface area contributed by atoms with Crippen molar-refractivity contribution in [1.29, 1.82) is 0 Å². The minimum atomic E-state index is 0.211. The third kappa shape index (κ3) is 5.52. The molecular formula is C25H28ClN3OS. The predicted octanol–water partition coefficient (Wildman–Crippen LogP) is 5.94. The van der Waals surface area contributed by atoms with Crippen molar-refractivity contribution in [2.75, 3.05) is 12.3 Å². The first-order valence-corrected chi connectivity index (χ1v) is 12.3. The maximum Gasteiger partial charge on any atom is 0.233 e. The second kappa shape index (κ2) is 10.4. The molecule has 2 heterocycles. The molecule has 1 amide bonds. The zero-order chi connectivity index (χ0) is 21.6. The standard InChI is InChI=1S/C25H28ClN3OS/c1-19-7-5-6-15-28(19)24(30)18-31-25-27-17-23(21-10-12-22(26)13-11-21)29(25)16-14-20-8-3-2-4-9-20/h2-4,8-13,17,19H,5-7,14-16,18H2,1H3/t19-/m1/s1. The molecule has 4 nitrogen and oxygen atoms in total. The number of halogens is 1. The summed E-state index contributed by atoms with van der Waals surface area (Å²) in [6, 6.07) is 18.6. The van der Waals surface area contributed by atoms with Gasteiger partial charge in [0.05, 0.1) is 17.6 Å². The third-order valence-electron chi connectivity index (χ3n) is 5.87. The van der Waals surface area contributed by atoms with Gasteiger partial charge in [-0.2, -0.15) is 0 Å². The fourth-order valence-electron chi connectivity index (χ4n) is 4.10. The smallest absolute Gasteiger partial charge is 0.233 e. The molecule has 2 aromatic carbocycles. The number of carbonyl (C=O) groups excluding carboxylic acids is 1. The summed E-state index contributed by atoms with van der Waals surface area (Å²) in [7, 11) is 0. The van der Waals surface area contributed by atoms with E-state index in [9.17, 15) is 4.79 Å². The van der Waals surface area contributed by atoms with E-state index < -0.39 is 0 Å². The number of thioether (sulfide) groups is 1. The largest absolute Gasteiger partial charge is 0.339 e. The number of hydrogen-bond acceptors (Lipinski definition) is 3. The van der Waals surface area contributed by atoms with Crippen molar-refractivity contribution in [2.45, 2.75) is 50.4 Å². The monoisotopic (exact) mass is 453 g/mol. The fraction of sp³-hybridized carbons (Fsp3) is 0.360. The van der Waals surface area contributed by atoms with Gasteiger partial charge in [-0.3, -0.25) is 4.79 Å². The van der Waals surface area contributed by atoms with Crippen molar-refractivity contribution in [3.63, 3.8) is 0 Å². The van der Waals surface area contributed by atoms with E-state index in [1.54, 1.807) is 0 Å². The van der Waals surface area contributed by atoms with Crippen LogP contribution in [0.5, 0.6) is 0 Å². The number of hydrogen-bond donors (Lipinski definition) is 0. The minimum Gasteiger partial charge on any atom is -0.339 e. The zero-order valence-corrected chi connectivity index (χ0v) is 19.4. The van der Waals surface area contributed by atoms with Crippen LogP contribution in [0.3, 0.4) is 0 Å². The molecule has 1 atom stereocenters. The van der Waals surface area contributed by atoms with Gasteiger partial charge in [-0.15, -0.1) is 0 Å². The predicted molar refractivity (Wildman–Crippen MR) is 129 cm³/mol. The Hall–Kier alpha value is -2.24. The molecule has 0 saturated carbocycles. The van der Waals surface area contributed by atoms with Gasteiger partial charge in [-0.05, 0) is 55.9 Å². The van der Waals surface area contributed by atoms with Crippen molar-refractivity contribution in [3.8, 4) is 11.3 Å². The number of benzene rings is 2.